The average Bonchev–Trinajstić information content (AvgIpc) is 2.77. The van der Waals surface area contributed by atoms with Crippen LogP contribution in [0.1, 0.15) is 25.0 Å². The third kappa shape index (κ3) is 5.71. The Morgan fingerprint density at radius 3 is 1.94 bits per heavy atom. The van der Waals surface area contributed by atoms with Crippen LogP contribution >= 0.6 is 0 Å². The minimum atomic E-state index is -1.84. The Bertz CT molecular complexity index is 1010. The van der Waals surface area contributed by atoms with Crippen LogP contribution in [0.2, 0.25) is 0 Å². The van der Waals surface area contributed by atoms with Crippen LogP contribution in [0.3, 0.4) is 0 Å². The summed E-state index contributed by atoms with van der Waals surface area (Å²) in [6.07, 6.45) is -7.49. The lowest BCUT2D eigenvalue weighted by Gasteiger charge is -2.38. The Labute approximate surface area is 196 Å². The highest BCUT2D eigenvalue weighted by Gasteiger charge is 2.48. The number of aliphatic carboxylic acids is 1. The number of carboxylic acids is 1. The molecule has 7 atom stereocenters. The number of carbonyl (C=O) groups is 1. The van der Waals surface area contributed by atoms with Gasteiger partial charge in [-0.1, -0.05) is 26.0 Å². The van der Waals surface area contributed by atoms with Gasteiger partial charge >= 0.3 is 5.97 Å². The Hall–Kier alpha value is -3.05. The van der Waals surface area contributed by atoms with Gasteiger partial charge in [-0.3, -0.25) is 0 Å². The molecule has 0 unspecified atom stereocenters. The summed E-state index contributed by atoms with van der Waals surface area (Å²) in [4.78, 5) is 11.2. The van der Waals surface area contributed by atoms with Gasteiger partial charge in [-0.15, -0.1) is 0 Å². The van der Waals surface area contributed by atoms with Crippen molar-refractivity contribution in [3.05, 3.63) is 47.5 Å². The maximum atomic E-state index is 11.2. The van der Waals surface area contributed by atoms with Gasteiger partial charge in [0.1, 0.15) is 18.3 Å². The van der Waals surface area contributed by atoms with Crippen molar-refractivity contribution in [2.24, 2.45) is 11.8 Å². The normalized spacial score (nSPS) is 26.6. The Kier molecular flexibility index (Phi) is 7.88. The molecule has 34 heavy (non-hydrogen) atoms. The van der Waals surface area contributed by atoms with E-state index in [0.717, 1.165) is 11.1 Å². The quantitative estimate of drug-likeness (QED) is 0.272. The highest BCUT2D eigenvalue weighted by Crippen LogP contribution is 2.33. The number of benzene rings is 2. The van der Waals surface area contributed by atoms with E-state index in [-0.39, 0.29) is 34.8 Å². The van der Waals surface area contributed by atoms with E-state index in [1.165, 1.54) is 24.3 Å². The molecular formula is C24H30O10. The van der Waals surface area contributed by atoms with Gasteiger partial charge in [0.15, 0.2) is 29.1 Å². The number of hydrogen-bond acceptors (Lipinski definition) is 9. The molecule has 0 radical (unpaired) electrons. The van der Waals surface area contributed by atoms with E-state index in [0.29, 0.717) is 12.8 Å². The van der Waals surface area contributed by atoms with Gasteiger partial charge in [0.25, 0.3) is 0 Å². The van der Waals surface area contributed by atoms with E-state index >= 15 is 0 Å². The molecule has 0 saturated carbocycles. The summed E-state index contributed by atoms with van der Waals surface area (Å²) >= 11 is 0. The predicted molar refractivity (Wildman–Crippen MR) is 119 cm³/mol. The molecule has 0 aromatic heterocycles. The zero-order valence-electron chi connectivity index (χ0n) is 18.8. The molecule has 1 aliphatic heterocycles. The average molecular weight is 478 g/mol. The van der Waals surface area contributed by atoms with Crippen LogP contribution < -0.4 is 4.74 Å². The number of ether oxygens (including phenoxy) is 2. The van der Waals surface area contributed by atoms with Crippen molar-refractivity contribution in [2.45, 2.75) is 57.4 Å². The van der Waals surface area contributed by atoms with Crippen LogP contribution in [0.25, 0.3) is 0 Å². The molecule has 0 spiro atoms. The molecule has 10 heteroatoms. The highest BCUT2D eigenvalue weighted by atomic mass is 16.7. The lowest BCUT2D eigenvalue weighted by molar-refractivity contribution is -0.271. The molecule has 1 heterocycles. The van der Waals surface area contributed by atoms with Crippen LogP contribution in [0, 0.1) is 11.8 Å². The first-order chi connectivity index (χ1) is 16.0. The number of hydrogen-bond donors (Lipinski definition) is 7. The number of aliphatic hydroxyl groups excluding tert-OH is 3. The van der Waals surface area contributed by atoms with Crippen molar-refractivity contribution >= 4 is 5.97 Å². The van der Waals surface area contributed by atoms with Crippen molar-refractivity contribution in [1.29, 1.82) is 0 Å². The summed E-state index contributed by atoms with van der Waals surface area (Å²) in [6, 6.07) is 9.37. The fraction of sp³-hybridized carbons (Fsp3) is 0.458. The summed E-state index contributed by atoms with van der Waals surface area (Å²) < 4.78 is 10.5. The zero-order valence-corrected chi connectivity index (χ0v) is 18.8. The number of aromatic hydroxyl groups is 3. The topological polar surface area (TPSA) is 177 Å². The zero-order chi connectivity index (χ0) is 25.2. The van der Waals surface area contributed by atoms with Crippen molar-refractivity contribution in [1.82, 2.24) is 0 Å². The van der Waals surface area contributed by atoms with Gasteiger partial charge in [0.05, 0.1) is 0 Å². The maximum Gasteiger partial charge on any atom is 0.335 e. The van der Waals surface area contributed by atoms with Gasteiger partial charge in [-0.25, -0.2) is 4.79 Å². The molecule has 0 bridgehead atoms. The standard InChI is InChI=1S/C24H30O10/c1-11(7-13-3-5-15(25)16(26)9-13)12(2)8-14-4-6-18(17(27)10-14)33-24-21(30)19(28)20(29)22(34-24)23(31)32/h3-6,9-12,19-22,24-30H,7-8H2,1-2H3,(H,31,32)/t11-,12+,19+,20+,21-,22+,24-/m1/s1. The van der Waals surface area contributed by atoms with Crippen molar-refractivity contribution in [3.8, 4) is 23.0 Å². The molecular weight excluding hydrogens is 448 g/mol. The molecule has 2 aromatic carbocycles. The fourth-order valence-electron chi connectivity index (χ4n) is 3.91. The fourth-order valence-corrected chi connectivity index (χ4v) is 3.91. The molecule has 3 rings (SSSR count). The van der Waals surface area contributed by atoms with Crippen molar-refractivity contribution < 1.29 is 50.0 Å². The van der Waals surface area contributed by atoms with Crippen LogP contribution in [0.4, 0.5) is 0 Å². The van der Waals surface area contributed by atoms with Crippen LogP contribution in [-0.4, -0.2) is 72.4 Å². The second-order valence-corrected chi connectivity index (χ2v) is 8.84. The van der Waals surface area contributed by atoms with E-state index in [2.05, 4.69) is 13.8 Å². The number of aliphatic hydroxyl groups is 3. The molecule has 1 fully saturated rings. The molecule has 186 valence electrons. The summed E-state index contributed by atoms with van der Waals surface area (Å²) in [5, 5.41) is 68.4. The van der Waals surface area contributed by atoms with Crippen LogP contribution in [0.15, 0.2) is 36.4 Å². The summed E-state index contributed by atoms with van der Waals surface area (Å²) in [5.41, 5.74) is 1.70. The minimum absolute atomic E-state index is 0.0826. The highest BCUT2D eigenvalue weighted by molar-refractivity contribution is 5.73. The first-order valence-corrected chi connectivity index (χ1v) is 10.9. The minimum Gasteiger partial charge on any atom is -0.504 e. The Morgan fingerprint density at radius 2 is 1.41 bits per heavy atom. The van der Waals surface area contributed by atoms with Gasteiger partial charge in [-0.05, 0) is 60.1 Å². The molecule has 7 N–H and O–H groups in total. The predicted octanol–water partition coefficient (Wildman–Crippen LogP) is 1.13. The second kappa shape index (κ2) is 10.5. The molecule has 0 amide bonds. The van der Waals surface area contributed by atoms with Gasteiger partial charge in [0, 0.05) is 0 Å². The number of carboxylic acid groups (broad SMARTS) is 1. The molecule has 1 saturated heterocycles. The largest absolute Gasteiger partial charge is 0.504 e. The van der Waals surface area contributed by atoms with Gasteiger partial charge in [0.2, 0.25) is 6.29 Å². The maximum absolute atomic E-state index is 11.2. The Balaban J connectivity index is 1.64. The Morgan fingerprint density at radius 1 is 0.853 bits per heavy atom. The second-order valence-electron chi connectivity index (χ2n) is 8.84. The molecule has 10 nitrogen and oxygen atoms in total. The first-order valence-electron chi connectivity index (χ1n) is 10.9. The number of rotatable bonds is 8. The lowest BCUT2D eigenvalue weighted by Crippen LogP contribution is -2.61. The van der Waals surface area contributed by atoms with Gasteiger partial charge < -0.3 is 45.2 Å². The molecule has 1 aliphatic rings. The van der Waals surface area contributed by atoms with E-state index in [1.54, 1.807) is 12.1 Å². The summed E-state index contributed by atoms with van der Waals surface area (Å²) in [7, 11) is 0. The number of phenols is 3. The van der Waals surface area contributed by atoms with E-state index < -0.39 is 36.7 Å². The smallest absolute Gasteiger partial charge is 0.335 e. The van der Waals surface area contributed by atoms with E-state index in [9.17, 15) is 35.4 Å². The van der Waals surface area contributed by atoms with E-state index in [1.807, 2.05) is 0 Å². The summed E-state index contributed by atoms with van der Waals surface area (Å²) in [5.74, 6) is -1.80. The third-order valence-electron chi connectivity index (χ3n) is 6.21. The molecule has 2 aromatic rings. The first kappa shape index (κ1) is 25.6. The van der Waals surface area contributed by atoms with Crippen molar-refractivity contribution in [3.63, 3.8) is 0 Å². The van der Waals surface area contributed by atoms with E-state index in [4.69, 9.17) is 14.6 Å². The van der Waals surface area contributed by atoms with Crippen LogP contribution in [-0.2, 0) is 22.4 Å². The molecule has 0 aliphatic carbocycles. The third-order valence-corrected chi connectivity index (χ3v) is 6.21. The SMILES string of the molecule is C[C@H](Cc1ccc(O)c(O)c1)[C@@H](C)Cc1ccc(O[C@@H]2O[C@H](C(=O)O)[C@@H](O)[C@H](O)[C@H]2O)c(O)c1. The lowest BCUT2D eigenvalue weighted by atomic mass is 9.85. The summed E-state index contributed by atoms with van der Waals surface area (Å²) in [6.45, 7) is 4.11. The monoisotopic (exact) mass is 478 g/mol. The van der Waals surface area contributed by atoms with Crippen LogP contribution in [0.5, 0.6) is 23.0 Å². The van der Waals surface area contributed by atoms with Gasteiger partial charge in [-0.2, -0.15) is 0 Å². The number of phenolic OH excluding ortho intramolecular Hbond substituents is 3. The van der Waals surface area contributed by atoms with Crippen molar-refractivity contribution in [2.75, 3.05) is 0 Å².